The highest BCUT2D eigenvalue weighted by molar-refractivity contribution is 7.91. The minimum Gasteiger partial charge on any atom is -0.389 e. The van der Waals surface area contributed by atoms with E-state index in [1.54, 1.807) is 0 Å². The van der Waals surface area contributed by atoms with E-state index in [1.165, 1.54) is 0 Å². The smallest absolute Gasteiger partial charge is 0.151 e. The zero-order chi connectivity index (χ0) is 14.3. The molecule has 1 saturated carbocycles. The molecule has 112 valence electrons. The van der Waals surface area contributed by atoms with Gasteiger partial charge in [0.2, 0.25) is 0 Å². The Bertz CT molecular complexity index is 434. The molecule has 1 heterocycles. The normalized spacial score (nSPS) is 42.7. The Hall–Kier alpha value is -0.130. The molecule has 2 fully saturated rings. The van der Waals surface area contributed by atoms with Crippen molar-refractivity contribution in [3.05, 3.63) is 0 Å². The highest BCUT2D eigenvalue weighted by Gasteiger charge is 2.59. The van der Waals surface area contributed by atoms with E-state index in [-0.39, 0.29) is 24.0 Å². The first kappa shape index (κ1) is 15.3. The van der Waals surface area contributed by atoms with Crippen molar-refractivity contribution < 1.29 is 13.5 Å². The fourth-order valence-electron chi connectivity index (χ4n) is 4.32. The maximum absolute atomic E-state index is 11.9. The monoisotopic (exact) mass is 289 g/mol. The molecule has 2 aliphatic rings. The van der Waals surface area contributed by atoms with Crippen LogP contribution in [0.3, 0.4) is 0 Å². The van der Waals surface area contributed by atoms with Crippen LogP contribution in [0.2, 0.25) is 0 Å². The van der Waals surface area contributed by atoms with Crippen molar-refractivity contribution in [3.63, 3.8) is 0 Å². The van der Waals surface area contributed by atoms with Crippen LogP contribution in [0.25, 0.3) is 0 Å². The predicted molar refractivity (Wildman–Crippen MR) is 76.5 cm³/mol. The lowest BCUT2D eigenvalue weighted by Gasteiger charge is -2.52. The number of hydrogen-bond acceptors (Lipinski definition) is 4. The molecular weight excluding hydrogens is 262 g/mol. The summed E-state index contributed by atoms with van der Waals surface area (Å²) in [4.78, 5) is 0. The molecule has 19 heavy (non-hydrogen) atoms. The topological polar surface area (TPSA) is 80.4 Å². The van der Waals surface area contributed by atoms with Gasteiger partial charge in [0, 0.05) is 12.0 Å². The molecule has 0 aromatic heterocycles. The number of hydrogen-bond donors (Lipinski definition) is 2. The minimum atomic E-state index is -3.04. The molecule has 0 spiro atoms. The van der Waals surface area contributed by atoms with Crippen LogP contribution < -0.4 is 5.73 Å². The molecule has 1 aliphatic carbocycles. The molecule has 0 aromatic rings. The maximum Gasteiger partial charge on any atom is 0.151 e. The van der Waals surface area contributed by atoms with Crippen molar-refractivity contribution in [2.24, 2.45) is 23.0 Å². The molecule has 3 atom stereocenters. The van der Waals surface area contributed by atoms with E-state index in [0.29, 0.717) is 18.8 Å². The first-order valence-corrected chi connectivity index (χ1v) is 9.21. The lowest BCUT2D eigenvalue weighted by atomic mass is 9.57. The van der Waals surface area contributed by atoms with Gasteiger partial charge in [-0.2, -0.15) is 0 Å². The zero-order valence-corrected chi connectivity index (χ0v) is 12.9. The van der Waals surface area contributed by atoms with Gasteiger partial charge in [0.05, 0.1) is 17.1 Å². The van der Waals surface area contributed by atoms with Crippen LogP contribution >= 0.6 is 0 Å². The van der Waals surface area contributed by atoms with Crippen LogP contribution in [-0.2, 0) is 9.84 Å². The molecule has 5 heteroatoms. The predicted octanol–water partition coefficient (Wildman–Crippen LogP) is 1.33. The quantitative estimate of drug-likeness (QED) is 0.821. The second kappa shape index (κ2) is 5.01. The Morgan fingerprint density at radius 3 is 2.47 bits per heavy atom. The van der Waals surface area contributed by atoms with Crippen molar-refractivity contribution in [1.82, 2.24) is 0 Å². The lowest BCUT2D eigenvalue weighted by molar-refractivity contribution is -0.147. The van der Waals surface area contributed by atoms with E-state index < -0.39 is 20.9 Å². The maximum atomic E-state index is 11.9. The van der Waals surface area contributed by atoms with Gasteiger partial charge < -0.3 is 10.8 Å². The summed E-state index contributed by atoms with van der Waals surface area (Å²) in [6.45, 7) is 4.51. The van der Waals surface area contributed by atoms with Crippen LogP contribution in [0, 0.1) is 17.3 Å². The van der Waals surface area contributed by atoms with Gasteiger partial charge in [-0.1, -0.05) is 26.7 Å². The fraction of sp³-hybridized carbons (Fsp3) is 1.00. The third-order valence-corrected chi connectivity index (χ3v) is 7.26. The lowest BCUT2D eigenvalue weighted by Crippen LogP contribution is -2.60. The van der Waals surface area contributed by atoms with Gasteiger partial charge >= 0.3 is 0 Å². The Kier molecular flexibility index (Phi) is 4.02. The average molecular weight is 289 g/mol. The Morgan fingerprint density at radius 1 is 1.32 bits per heavy atom. The summed E-state index contributed by atoms with van der Waals surface area (Å²) in [6.07, 6.45) is 4.30. The molecule has 0 radical (unpaired) electrons. The molecule has 0 bridgehead atoms. The van der Waals surface area contributed by atoms with E-state index in [9.17, 15) is 13.5 Å². The third-order valence-electron chi connectivity index (χ3n) is 5.44. The average Bonchev–Trinajstić information content (AvgIpc) is 2.67. The summed E-state index contributed by atoms with van der Waals surface area (Å²) in [6, 6.07) is 0. The van der Waals surface area contributed by atoms with E-state index in [4.69, 9.17) is 5.73 Å². The van der Waals surface area contributed by atoms with E-state index in [1.807, 2.05) is 0 Å². The molecule has 3 N–H and O–H groups in total. The van der Waals surface area contributed by atoms with Gasteiger partial charge in [-0.05, 0) is 31.1 Å². The summed E-state index contributed by atoms with van der Waals surface area (Å²) in [5, 5.41) is 11.3. The molecule has 0 amide bonds. The zero-order valence-electron chi connectivity index (χ0n) is 12.1. The Labute approximate surface area is 116 Å². The van der Waals surface area contributed by atoms with Crippen LogP contribution in [0.4, 0.5) is 0 Å². The molecule has 2 rings (SSSR count). The third kappa shape index (κ3) is 2.45. The highest BCUT2D eigenvalue weighted by atomic mass is 32.2. The van der Waals surface area contributed by atoms with Crippen molar-refractivity contribution in [2.75, 3.05) is 18.1 Å². The van der Waals surface area contributed by atoms with Gasteiger partial charge in [0.1, 0.15) is 0 Å². The van der Waals surface area contributed by atoms with Crippen molar-refractivity contribution in [3.8, 4) is 0 Å². The molecule has 1 saturated heterocycles. The standard InChI is InChI=1S/C14H27NO3S/c1-11(2)12-5-3-4-6-14(12,16)13(9-15)7-8-19(17,18)10-13/h11-12,16H,3-10,15H2,1-2H3. The first-order valence-electron chi connectivity index (χ1n) is 7.39. The fourth-order valence-corrected chi connectivity index (χ4v) is 6.52. The summed E-state index contributed by atoms with van der Waals surface area (Å²) in [7, 11) is -3.04. The molecular formula is C14H27NO3S. The first-order chi connectivity index (χ1) is 8.76. The van der Waals surface area contributed by atoms with Crippen LogP contribution in [-0.4, -0.2) is 37.2 Å². The van der Waals surface area contributed by atoms with Gasteiger partial charge in [-0.3, -0.25) is 0 Å². The van der Waals surface area contributed by atoms with Gasteiger partial charge in [0.25, 0.3) is 0 Å². The second-order valence-corrected chi connectivity index (χ2v) is 9.03. The molecule has 4 nitrogen and oxygen atoms in total. The second-order valence-electron chi connectivity index (χ2n) is 6.85. The van der Waals surface area contributed by atoms with Crippen molar-refractivity contribution >= 4 is 9.84 Å². The van der Waals surface area contributed by atoms with E-state index in [2.05, 4.69) is 13.8 Å². The molecule has 0 aromatic carbocycles. The Morgan fingerprint density at radius 2 is 2.00 bits per heavy atom. The molecule has 1 aliphatic heterocycles. The summed E-state index contributed by atoms with van der Waals surface area (Å²) < 4.78 is 23.8. The van der Waals surface area contributed by atoms with Crippen LogP contribution in [0.1, 0.15) is 46.0 Å². The van der Waals surface area contributed by atoms with Gasteiger partial charge in [0.15, 0.2) is 9.84 Å². The van der Waals surface area contributed by atoms with Gasteiger partial charge in [-0.25, -0.2) is 8.42 Å². The SMILES string of the molecule is CC(C)C1CCCCC1(O)C1(CN)CCS(=O)(=O)C1. The number of nitrogens with two attached hydrogens (primary N) is 1. The van der Waals surface area contributed by atoms with E-state index in [0.717, 1.165) is 19.3 Å². The van der Waals surface area contributed by atoms with Crippen LogP contribution in [0.15, 0.2) is 0 Å². The summed E-state index contributed by atoms with van der Waals surface area (Å²) in [5.41, 5.74) is 4.42. The highest BCUT2D eigenvalue weighted by Crippen LogP contribution is 2.52. The number of aliphatic hydroxyl groups is 1. The van der Waals surface area contributed by atoms with Gasteiger partial charge in [-0.15, -0.1) is 0 Å². The largest absolute Gasteiger partial charge is 0.389 e. The number of sulfone groups is 1. The van der Waals surface area contributed by atoms with E-state index >= 15 is 0 Å². The molecule has 3 unspecified atom stereocenters. The minimum absolute atomic E-state index is 0.0657. The van der Waals surface area contributed by atoms with Crippen LogP contribution in [0.5, 0.6) is 0 Å². The summed E-state index contributed by atoms with van der Waals surface area (Å²) >= 11 is 0. The number of rotatable bonds is 3. The summed E-state index contributed by atoms with van der Waals surface area (Å²) in [5.74, 6) is 0.767. The van der Waals surface area contributed by atoms with Crippen molar-refractivity contribution in [1.29, 1.82) is 0 Å². The van der Waals surface area contributed by atoms with Crippen molar-refractivity contribution in [2.45, 2.75) is 51.6 Å². The Balaban J connectivity index is 2.39.